The third-order valence-electron chi connectivity index (χ3n) is 2.55. The average molecular weight is 266 g/mol. The number of hydrogen-bond donors (Lipinski definition) is 1. The zero-order chi connectivity index (χ0) is 13.0. The van der Waals surface area contributed by atoms with Crippen LogP contribution in [0.5, 0.6) is 0 Å². The molecule has 4 nitrogen and oxygen atoms in total. The van der Waals surface area contributed by atoms with E-state index in [2.05, 4.69) is 10.3 Å². The van der Waals surface area contributed by atoms with Gasteiger partial charge in [0.1, 0.15) is 0 Å². The fraction of sp³-hybridized carbons (Fsp3) is 0.308. The van der Waals surface area contributed by atoms with Crippen LogP contribution in [-0.2, 0) is 11.3 Å². The molecule has 1 aromatic heterocycles. The molecule has 0 aliphatic heterocycles. The SMILES string of the molecule is COCCn1cc(C)nc1Nc1ccccc1Cl. The number of nitrogens with one attached hydrogen (secondary N) is 1. The summed E-state index contributed by atoms with van der Waals surface area (Å²) in [7, 11) is 1.69. The number of benzene rings is 1. The number of halogens is 1. The second-order valence-electron chi connectivity index (χ2n) is 4.00. The lowest BCUT2D eigenvalue weighted by atomic mass is 10.3. The van der Waals surface area contributed by atoms with Crippen molar-refractivity contribution >= 4 is 23.2 Å². The van der Waals surface area contributed by atoms with Crippen molar-refractivity contribution in [1.29, 1.82) is 0 Å². The minimum absolute atomic E-state index is 0.646. The lowest BCUT2D eigenvalue weighted by molar-refractivity contribution is 0.188. The van der Waals surface area contributed by atoms with E-state index in [0.29, 0.717) is 11.6 Å². The number of aryl methyl sites for hydroxylation is 1. The quantitative estimate of drug-likeness (QED) is 0.902. The molecule has 1 heterocycles. The molecule has 0 saturated carbocycles. The van der Waals surface area contributed by atoms with Gasteiger partial charge in [-0.3, -0.25) is 0 Å². The van der Waals surface area contributed by atoms with Gasteiger partial charge in [-0.2, -0.15) is 0 Å². The first-order chi connectivity index (χ1) is 8.70. The third-order valence-corrected chi connectivity index (χ3v) is 2.88. The van der Waals surface area contributed by atoms with Crippen molar-refractivity contribution in [3.05, 3.63) is 41.2 Å². The largest absolute Gasteiger partial charge is 0.383 e. The number of rotatable bonds is 5. The molecule has 1 N–H and O–H groups in total. The normalized spacial score (nSPS) is 10.6. The molecule has 0 aliphatic rings. The molecule has 96 valence electrons. The van der Waals surface area contributed by atoms with Crippen LogP contribution in [0.2, 0.25) is 5.02 Å². The molecule has 0 fully saturated rings. The van der Waals surface area contributed by atoms with Crippen LogP contribution in [0.15, 0.2) is 30.5 Å². The molecule has 0 aliphatic carbocycles. The highest BCUT2D eigenvalue weighted by atomic mass is 35.5. The number of methoxy groups -OCH3 is 1. The summed E-state index contributed by atoms with van der Waals surface area (Å²) in [4.78, 5) is 4.44. The molecule has 2 aromatic rings. The van der Waals surface area contributed by atoms with Crippen molar-refractivity contribution in [2.75, 3.05) is 19.0 Å². The smallest absolute Gasteiger partial charge is 0.207 e. The monoisotopic (exact) mass is 265 g/mol. The van der Waals surface area contributed by atoms with Crippen LogP contribution in [0.4, 0.5) is 11.6 Å². The molecular formula is C13H16ClN3O. The topological polar surface area (TPSA) is 39.1 Å². The van der Waals surface area contributed by atoms with E-state index in [0.717, 1.165) is 23.9 Å². The van der Waals surface area contributed by atoms with E-state index in [4.69, 9.17) is 16.3 Å². The molecule has 18 heavy (non-hydrogen) atoms. The summed E-state index contributed by atoms with van der Waals surface area (Å²) in [6.07, 6.45) is 1.98. The maximum atomic E-state index is 6.11. The average Bonchev–Trinajstić information content (AvgIpc) is 2.70. The van der Waals surface area contributed by atoms with Crippen LogP contribution in [0.1, 0.15) is 5.69 Å². The zero-order valence-corrected chi connectivity index (χ0v) is 11.2. The standard InChI is InChI=1S/C13H16ClN3O/c1-10-9-17(7-8-18-2)13(15-10)16-12-6-4-3-5-11(12)14/h3-6,9H,7-8H2,1-2H3,(H,15,16). The Hall–Kier alpha value is -1.52. The van der Waals surface area contributed by atoms with E-state index >= 15 is 0 Å². The molecule has 0 amide bonds. The van der Waals surface area contributed by atoms with Crippen molar-refractivity contribution in [3.8, 4) is 0 Å². The van der Waals surface area contributed by atoms with E-state index in [9.17, 15) is 0 Å². The van der Waals surface area contributed by atoms with Gasteiger partial charge in [0, 0.05) is 19.9 Å². The van der Waals surface area contributed by atoms with E-state index in [1.54, 1.807) is 7.11 Å². The predicted molar refractivity (Wildman–Crippen MR) is 73.6 cm³/mol. The number of para-hydroxylation sites is 1. The number of hydrogen-bond acceptors (Lipinski definition) is 3. The molecular weight excluding hydrogens is 250 g/mol. The minimum Gasteiger partial charge on any atom is -0.383 e. The van der Waals surface area contributed by atoms with Gasteiger partial charge in [0.2, 0.25) is 5.95 Å². The van der Waals surface area contributed by atoms with Crippen LogP contribution in [0.3, 0.4) is 0 Å². The Kier molecular flexibility index (Phi) is 4.23. The van der Waals surface area contributed by atoms with Gasteiger partial charge in [0.25, 0.3) is 0 Å². The van der Waals surface area contributed by atoms with Crippen LogP contribution >= 0.6 is 11.6 Å². The molecule has 5 heteroatoms. The van der Waals surface area contributed by atoms with Crippen LogP contribution < -0.4 is 5.32 Å². The molecule has 0 atom stereocenters. The highest BCUT2D eigenvalue weighted by molar-refractivity contribution is 6.33. The zero-order valence-electron chi connectivity index (χ0n) is 10.5. The number of nitrogens with zero attached hydrogens (tertiary/aromatic N) is 2. The van der Waals surface area contributed by atoms with Crippen molar-refractivity contribution in [1.82, 2.24) is 9.55 Å². The molecule has 0 bridgehead atoms. The van der Waals surface area contributed by atoms with E-state index in [-0.39, 0.29) is 0 Å². The van der Waals surface area contributed by atoms with Gasteiger partial charge in [-0.1, -0.05) is 23.7 Å². The second-order valence-corrected chi connectivity index (χ2v) is 4.40. The van der Waals surface area contributed by atoms with Crippen LogP contribution in [0, 0.1) is 6.92 Å². The van der Waals surface area contributed by atoms with E-state index in [1.807, 2.05) is 42.0 Å². The summed E-state index contributed by atoms with van der Waals surface area (Å²) < 4.78 is 7.10. The summed E-state index contributed by atoms with van der Waals surface area (Å²) >= 11 is 6.11. The highest BCUT2D eigenvalue weighted by Gasteiger charge is 2.07. The number of ether oxygens (including phenoxy) is 1. The Labute approximate surface area is 112 Å². The molecule has 0 unspecified atom stereocenters. The lowest BCUT2D eigenvalue weighted by Crippen LogP contribution is -2.07. The maximum Gasteiger partial charge on any atom is 0.207 e. The summed E-state index contributed by atoms with van der Waals surface area (Å²) in [6, 6.07) is 7.60. The Morgan fingerprint density at radius 1 is 1.39 bits per heavy atom. The van der Waals surface area contributed by atoms with Gasteiger partial charge >= 0.3 is 0 Å². The summed E-state index contributed by atoms with van der Waals surface area (Å²) in [6.45, 7) is 3.36. The summed E-state index contributed by atoms with van der Waals surface area (Å²) in [5.74, 6) is 0.776. The van der Waals surface area contributed by atoms with Crippen molar-refractivity contribution < 1.29 is 4.74 Å². The Morgan fingerprint density at radius 2 is 2.17 bits per heavy atom. The molecule has 0 radical (unpaired) electrons. The number of anilines is 2. The second kappa shape index (κ2) is 5.89. The Morgan fingerprint density at radius 3 is 2.89 bits per heavy atom. The maximum absolute atomic E-state index is 6.11. The van der Waals surface area contributed by atoms with Gasteiger partial charge in [0.05, 0.1) is 23.0 Å². The fourth-order valence-corrected chi connectivity index (χ4v) is 1.87. The Bertz CT molecular complexity index is 525. The van der Waals surface area contributed by atoms with Crippen molar-refractivity contribution in [2.45, 2.75) is 13.5 Å². The fourth-order valence-electron chi connectivity index (χ4n) is 1.69. The first-order valence-corrected chi connectivity index (χ1v) is 6.13. The van der Waals surface area contributed by atoms with Gasteiger partial charge in [-0.25, -0.2) is 4.98 Å². The molecule has 1 aromatic carbocycles. The molecule has 0 spiro atoms. The molecule has 0 saturated heterocycles. The minimum atomic E-state index is 0.646. The van der Waals surface area contributed by atoms with Gasteiger partial charge in [-0.15, -0.1) is 0 Å². The predicted octanol–water partition coefficient (Wildman–Crippen LogP) is 3.23. The Balaban J connectivity index is 2.20. The summed E-state index contributed by atoms with van der Waals surface area (Å²) in [5.41, 5.74) is 1.81. The lowest BCUT2D eigenvalue weighted by Gasteiger charge is -2.10. The van der Waals surface area contributed by atoms with Crippen LogP contribution in [-0.4, -0.2) is 23.3 Å². The van der Waals surface area contributed by atoms with E-state index in [1.165, 1.54) is 0 Å². The van der Waals surface area contributed by atoms with Crippen molar-refractivity contribution in [2.24, 2.45) is 0 Å². The number of imidazole rings is 1. The molecule has 2 rings (SSSR count). The van der Waals surface area contributed by atoms with E-state index < -0.39 is 0 Å². The van der Waals surface area contributed by atoms with Crippen LogP contribution in [0.25, 0.3) is 0 Å². The number of aromatic nitrogens is 2. The van der Waals surface area contributed by atoms with Gasteiger partial charge in [-0.05, 0) is 19.1 Å². The van der Waals surface area contributed by atoms with Gasteiger partial charge in [0.15, 0.2) is 0 Å². The first kappa shape index (κ1) is 12.9. The first-order valence-electron chi connectivity index (χ1n) is 5.75. The van der Waals surface area contributed by atoms with Gasteiger partial charge < -0.3 is 14.6 Å². The highest BCUT2D eigenvalue weighted by Crippen LogP contribution is 2.24. The third kappa shape index (κ3) is 3.03. The summed E-state index contributed by atoms with van der Waals surface area (Å²) in [5, 5.41) is 3.91. The van der Waals surface area contributed by atoms with Crippen molar-refractivity contribution in [3.63, 3.8) is 0 Å².